The molecule has 0 fully saturated rings. The quantitative estimate of drug-likeness (QED) is 0.657. The number of hydrogen-bond acceptors (Lipinski definition) is 3. The fraction of sp³-hybridized carbons (Fsp3) is 0.733. The maximum Gasteiger partial charge on any atom is 0.0800 e. The third-order valence-electron chi connectivity index (χ3n) is 5.11. The van der Waals surface area contributed by atoms with Crippen LogP contribution in [-0.4, -0.2) is 33.6 Å². The molecule has 0 saturated carbocycles. The van der Waals surface area contributed by atoms with Crippen LogP contribution in [0.3, 0.4) is 0 Å². The van der Waals surface area contributed by atoms with Crippen LogP contribution in [0.25, 0.3) is 0 Å². The third kappa shape index (κ3) is 2.04. The molecule has 0 aromatic heterocycles. The normalized spacial score (nSPS) is 48.3. The third-order valence-corrected chi connectivity index (χ3v) is 5.11. The maximum atomic E-state index is 10.0. The zero-order valence-electron chi connectivity index (χ0n) is 11.5. The average Bonchev–Trinajstić information content (AvgIpc) is 2.60. The van der Waals surface area contributed by atoms with E-state index in [0.29, 0.717) is 12.8 Å². The first-order valence-corrected chi connectivity index (χ1v) is 6.65. The average molecular weight is 252 g/mol. The minimum absolute atomic E-state index is 0.00656. The topological polar surface area (TPSA) is 60.7 Å². The summed E-state index contributed by atoms with van der Waals surface area (Å²) < 4.78 is 0. The van der Waals surface area contributed by atoms with Crippen LogP contribution in [0.15, 0.2) is 23.8 Å². The van der Waals surface area contributed by atoms with Gasteiger partial charge in [-0.2, -0.15) is 0 Å². The van der Waals surface area contributed by atoms with Crippen molar-refractivity contribution in [3.8, 4) is 0 Å². The lowest BCUT2D eigenvalue weighted by Gasteiger charge is -2.48. The molecule has 3 N–H and O–H groups in total. The van der Waals surface area contributed by atoms with Gasteiger partial charge in [0.15, 0.2) is 0 Å². The number of allylic oxidation sites excluding steroid dienone is 1. The van der Waals surface area contributed by atoms with Crippen LogP contribution in [0.4, 0.5) is 0 Å². The second-order valence-corrected chi connectivity index (χ2v) is 6.56. The minimum Gasteiger partial charge on any atom is -0.392 e. The van der Waals surface area contributed by atoms with Gasteiger partial charge in [-0.25, -0.2) is 0 Å². The molecule has 0 saturated heterocycles. The smallest absolute Gasteiger partial charge is 0.0800 e. The molecule has 18 heavy (non-hydrogen) atoms. The van der Waals surface area contributed by atoms with E-state index in [1.54, 1.807) is 6.08 Å². The summed E-state index contributed by atoms with van der Waals surface area (Å²) in [5.74, 6) is 0. The van der Waals surface area contributed by atoms with Gasteiger partial charge in [-0.05, 0) is 37.2 Å². The molecule has 0 unspecified atom stereocenters. The number of aliphatic hydroxyl groups excluding tert-OH is 2. The second kappa shape index (κ2) is 4.19. The van der Waals surface area contributed by atoms with E-state index in [0.717, 1.165) is 12.0 Å². The molecule has 102 valence electrons. The lowest BCUT2D eigenvalue weighted by molar-refractivity contribution is 0.0348. The molecule has 0 radical (unpaired) electrons. The highest BCUT2D eigenvalue weighted by atomic mass is 16.3. The molecule has 0 spiro atoms. The van der Waals surface area contributed by atoms with Crippen molar-refractivity contribution >= 4 is 0 Å². The Morgan fingerprint density at radius 2 is 1.89 bits per heavy atom. The van der Waals surface area contributed by atoms with Gasteiger partial charge in [0.1, 0.15) is 0 Å². The van der Waals surface area contributed by atoms with Crippen molar-refractivity contribution in [2.45, 2.75) is 51.7 Å². The van der Waals surface area contributed by atoms with Crippen molar-refractivity contribution in [1.29, 1.82) is 0 Å². The molecule has 3 heteroatoms. The first kappa shape index (κ1) is 13.8. The standard InChI is InChI=1S/C15H24O3/c1-13(4-6-14(2,18)7-5-13)15(3)9-12(17)8-11(15)10-16/h4,6,8,12,16-18H,5,7,9-10H2,1-3H3/t12-,13-,14-,15+/m0/s1. The van der Waals surface area contributed by atoms with Crippen molar-refractivity contribution in [3.05, 3.63) is 23.8 Å². The summed E-state index contributed by atoms with van der Waals surface area (Å²) in [5.41, 5.74) is -0.158. The fourth-order valence-corrected chi connectivity index (χ4v) is 3.35. The van der Waals surface area contributed by atoms with Gasteiger partial charge in [0, 0.05) is 5.41 Å². The van der Waals surface area contributed by atoms with Gasteiger partial charge in [-0.15, -0.1) is 0 Å². The zero-order chi connectivity index (χ0) is 13.6. The van der Waals surface area contributed by atoms with Crippen molar-refractivity contribution in [2.24, 2.45) is 10.8 Å². The van der Waals surface area contributed by atoms with Crippen LogP contribution in [-0.2, 0) is 0 Å². The van der Waals surface area contributed by atoms with E-state index in [-0.39, 0.29) is 17.4 Å². The van der Waals surface area contributed by atoms with E-state index in [1.165, 1.54) is 0 Å². The van der Waals surface area contributed by atoms with Crippen LogP contribution >= 0.6 is 0 Å². The van der Waals surface area contributed by atoms with Crippen molar-refractivity contribution < 1.29 is 15.3 Å². The predicted molar refractivity (Wildman–Crippen MR) is 71.0 cm³/mol. The highest BCUT2D eigenvalue weighted by Gasteiger charge is 2.50. The SMILES string of the molecule is C[C@]1(O)C=C[C@](C)([C@]2(C)C[C@@H](O)C=C2CO)CC1. The molecule has 4 atom stereocenters. The van der Waals surface area contributed by atoms with Gasteiger partial charge in [-0.1, -0.05) is 32.1 Å². The van der Waals surface area contributed by atoms with E-state index >= 15 is 0 Å². The van der Waals surface area contributed by atoms with Crippen LogP contribution in [0.1, 0.15) is 40.0 Å². The van der Waals surface area contributed by atoms with Gasteiger partial charge in [-0.3, -0.25) is 0 Å². The van der Waals surface area contributed by atoms with E-state index in [9.17, 15) is 15.3 Å². The molecule has 0 bridgehead atoms. The Bertz CT molecular complexity index is 397. The highest BCUT2D eigenvalue weighted by molar-refractivity contribution is 5.31. The molecule has 2 rings (SSSR count). The van der Waals surface area contributed by atoms with E-state index in [1.807, 2.05) is 13.0 Å². The van der Waals surface area contributed by atoms with Gasteiger partial charge in [0.2, 0.25) is 0 Å². The van der Waals surface area contributed by atoms with Crippen molar-refractivity contribution in [2.75, 3.05) is 6.61 Å². The molecular formula is C15H24O3. The molecule has 0 heterocycles. The van der Waals surface area contributed by atoms with Crippen LogP contribution in [0.2, 0.25) is 0 Å². The molecule has 2 aliphatic rings. The molecule has 0 aromatic carbocycles. The molecule has 0 amide bonds. The van der Waals surface area contributed by atoms with Gasteiger partial charge in [0.25, 0.3) is 0 Å². The summed E-state index contributed by atoms with van der Waals surface area (Å²) in [7, 11) is 0. The lowest BCUT2D eigenvalue weighted by atomic mass is 9.57. The number of aliphatic hydroxyl groups is 3. The Balaban J connectivity index is 2.34. The summed E-state index contributed by atoms with van der Waals surface area (Å²) in [6, 6.07) is 0. The summed E-state index contributed by atoms with van der Waals surface area (Å²) in [4.78, 5) is 0. The van der Waals surface area contributed by atoms with E-state index < -0.39 is 11.7 Å². The van der Waals surface area contributed by atoms with Crippen LogP contribution < -0.4 is 0 Å². The maximum absolute atomic E-state index is 10.0. The van der Waals surface area contributed by atoms with E-state index in [2.05, 4.69) is 19.9 Å². The Morgan fingerprint density at radius 3 is 2.39 bits per heavy atom. The molecular weight excluding hydrogens is 228 g/mol. The Hall–Kier alpha value is -0.640. The Labute approximate surface area is 109 Å². The molecule has 3 nitrogen and oxygen atoms in total. The zero-order valence-corrected chi connectivity index (χ0v) is 11.5. The summed E-state index contributed by atoms with van der Waals surface area (Å²) in [6.45, 7) is 6.07. The van der Waals surface area contributed by atoms with Crippen LogP contribution in [0.5, 0.6) is 0 Å². The monoisotopic (exact) mass is 252 g/mol. The van der Waals surface area contributed by atoms with Gasteiger partial charge in [0.05, 0.1) is 18.3 Å². The first-order valence-electron chi connectivity index (χ1n) is 6.65. The van der Waals surface area contributed by atoms with Crippen LogP contribution in [0, 0.1) is 10.8 Å². The lowest BCUT2D eigenvalue weighted by Crippen LogP contribution is -2.42. The first-order chi connectivity index (χ1) is 8.22. The van der Waals surface area contributed by atoms with Crippen molar-refractivity contribution in [3.63, 3.8) is 0 Å². The number of hydrogen-bond donors (Lipinski definition) is 3. The predicted octanol–water partition coefficient (Wildman–Crippen LogP) is 1.78. The summed E-state index contributed by atoms with van der Waals surface area (Å²) >= 11 is 0. The molecule has 0 aliphatic heterocycles. The second-order valence-electron chi connectivity index (χ2n) is 6.56. The highest BCUT2D eigenvalue weighted by Crippen LogP contribution is 2.56. The van der Waals surface area contributed by atoms with Crippen molar-refractivity contribution in [1.82, 2.24) is 0 Å². The minimum atomic E-state index is -0.726. The van der Waals surface area contributed by atoms with Gasteiger partial charge >= 0.3 is 0 Å². The summed E-state index contributed by atoms with van der Waals surface area (Å²) in [5, 5.41) is 29.4. The number of rotatable bonds is 2. The van der Waals surface area contributed by atoms with E-state index in [4.69, 9.17) is 0 Å². The largest absolute Gasteiger partial charge is 0.392 e. The molecule has 0 aromatic rings. The Morgan fingerprint density at radius 1 is 1.22 bits per heavy atom. The van der Waals surface area contributed by atoms with Gasteiger partial charge < -0.3 is 15.3 Å². The Kier molecular flexibility index (Phi) is 3.21. The fourth-order valence-electron chi connectivity index (χ4n) is 3.35. The summed E-state index contributed by atoms with van der Waals surface area (Å²) in [6.07, 6.45) is 7.46. The molecule has 2 aliphatic carbocycles.